The van der Waals surface area contributed by atoms with Crippen molar-refractivity contribution in [2.24, 2.45) is 0 Å². The molecule has 0 aromatic rings. The maximum absolute atomic E-state index is 3.21. The molecule has 0 aromatic carbocycles. The van der Waals surface area contributed by atoms with Crippen LogP contribution in [-0.2, 0) is 25.8 Å². The Kier molecular flexibility index (Phi) is 19.2. The van der Waals surface area contributed by atoms with E-state index in [-0.39, 0.29) is 73.8 Å². The SMILES string of the molecule is CCC1=[C-]CC=C1.[Hf].[I-].[I-]. The average Bonchev–Trinajstić information content (AvgIpc) is 2.14. The normalized spacial score (nSPS) is 12.3. The summed E-state index contributed by atoms with van der Waals surface area (Å²) in [6, 6.07) is 0. The summed E-state index contributed by atoms with van der Waals surface area (Å²) >= 11 is 0. The first-order valence-electron chi connectivity index (χ1n) is 2.69. The van der Waals surface area contributed by atoms with Crippen molar-refractivity contribution >= 4 is 0 Å². The number of allylic oxidation sites excluding steroid dienone is 4. The van der Waals surface area contributed by atoms with Crippen LogP contribution in [0.5, 0.6) is 0 Å². The van der Waals surface area contributed by atoms with Gasteiger partial charge in [0.25, 0.3) is 0 Å². The third kappa shape index (κ3) is 6.52. The molecule has 0 saturated carbocycles. The third-order valence-electron chi connectivity index (χ3n) is 1.15. The maximum Gasteiger partial charge on any atom is 0 e. The molecule has 0 radical (unpaired) electrons. The molecule has 0 saturated heterocycles. The molecular weight excluding hydrogens is 516 g/mol. The summed E-state index contributed by atoms with van der Waals surface area (Å²) in [6.45, 7) is 2.15. The summed E-state index contributed by atoms with van der Waals surface area (Å²) in [7, 11) is 0. The molecule has 0 bridgehead atoms. The fourth-order valence-corrected chi connectivity index (χ4v) is 0.693. The van der Waals surface area contributed by atoms with Crippen LogP contribution in [0, 0.1) is 6.08 Å². The predicted octanol–water partition coefficient (Wildman–Crippen LogP) is -3.91. The van der Waals surface area contributed by atoms with Crippen LogP contribution in [0.15, 0.2) is 17.7 Å². The quantitative estimate of drug-likeness (QED) is 0.187. The van der Waals surface area contributed by atoms with Crippen LogP contribution in [-0.4, -0.2) is 0 Å². The molecule has 10 heavy (non-hydrogen) atoms. The standard InChI is InChI=1S/C7H9.Hf.2HI/c1-2-7-5-3-4-6-7;;;/h3,5H,2,4H2,1H3;;2*1H/q-1;;;/p-2. The molecule has 0 unspecified atom stereocenters. The van der Waals surface area contributed by atoms with Crippen molar-refractivity contribution in [3.8, 4) is 0 Å². The van der Waals surface area contributed by atoms with Gasteiger partial charge in [0.1, 0.15) is 0 Å². The molecule has 0 aromatic heterocycles. The van der Waals surface area contributed by atoms with Crippen molar-refractivity contribution in [1.29, 1.82) is 0 Å². The second-order valence-electron chi connectivity index (χ2n) is 1.66. The first-order chi connectivity index (χ1) is 3.43. The number of rotatable bonds is 1. The fourth-order valence-electron chi connectivity index (χ4n) is 0.693. The van der Waals surface area contributed by atoms with E-state index in [1.807, 2.05) is 0 Å². The van der Waals surface area contributed by atoms with Crippen LogP contribution in [0.3, 0.4) is 0 Å². The molecule has 0 atom stereocenters. The second kappa shape index (κ2) is 10.8. The van der Waals surface area contributed by atoms with Crippen molar-refractivity contribution in [2.75, 3.05) is 0 Å². The summed E-state index contributed by atoms with van der Waals surface area (Å²) in [5, 5.41) is 0. The summed E-state index contributed by atoms with van der Waals surface area (Å²) in [5.74, 6) is 0. The van der Waals surface area contributed by atoms with Crippen molar-refractivity contribution < 1.29 is 73.8 Å². The first-order valence-corrected chi connectivity index (χ1v) is 2.69. The van der Waals surface area contributed by atoms with Crippen molar-refractivity contribution in [3.05, 3.63) is 23.8 Å². The van der Waals surface area contributed by atoms with Gasteiger partial charge in [-0.1, -0.05) is 13.3 Å². The van der Waals surface area contributed by atoms with E-state index in [1.165, 1.54) is 5.57 Å². The Morgan fingerprint density at radius 2 is 2.10 bits per heavy atom. The largest absolute Gasteiger partial charge is 1.00 e. The van der Waals surface area contributed by atoms with Crippen LogP contribution >= 0.6 is 0 Å². The van der Waals surface area contributed by atoms with E-state index in [1.54, 1.807) is 0 Å². The molecule has 3 heteroatoms. The number of halogens is 2. The first kappa shape index (κ1) is 17.8. The minimum absolute atomic E-state index is 0. The van der Waals surface area contributed by atoms with Gasteiger partial charge in [-0.3, -0.25) is 6.08 Å². The van der Waals surface area contributed by atoms with Gasteiger partial charge in [-0.15, -0.1) is 6.42 Å². The van der Waals surface area contributed by atoms with Gasteiger partial charge in [0.05, 0.1) is 0 Å². The Labute approximate surface area is 116 Å². The predicted molar refractivity (Wildman–Crippen MR) is 30.8 cm³/mol. The van der Waals surface area contributed by atoms with Gasteiger partial charge in [-0.25, -0.2) is 11.6 Å². The molecule has 0 spiro atoms. The summed E-state index contributed by atoms with van der Waals surface area (Å²) in [4.78, 5) is 0. The summed E-state index contributed by atoms with van der Waals surface area (Å²) in [5.41, 5.74) is 1.36. The zero-order valence-electron chi connectivity index (χ0n) is 5.82. The molecule has 1 rings (SSSR count). The number of hydrogen-bond acceptors (Lipinski definition) is 0. The van der Waals surface area contributed by atoms with E-state index >= 15 is 0 Å². The zero-order valence-corrected chi connectivity index (χ0v) is 13.7. The van der Waals surface area contributed by atoms with E-state index in [2.05, 4.69) is 25.2 Å². The molecule has 0 fully saturated rings. The minimum Gasteiger partial charge on any atom is -1.00 e. The molecular formula is C7H9HfI2-3. The van der Waals surface area contributed by atoms with E-state index in [9.17, 15) is 0 Å². The van der Waals surface area contributed by atoms with Gasteiger partial charge in [0.15, 0.2) is 0 Å². The van der Waals surface area contributed by atoms with Gasteiger partial charge in [0, 0.05) is 25.8 Å². The van der Waals surface area contributed by atoms with Crippen LogP contribution in [0.1, 0.15) is 19.8 Å². The molecule has 58 valence electrons. The van der Waals surface area contributed by atoms with Gasteiger partial charge in [-0.2, -0.15) is 6.08 Å². The van der Waals surface area contributed by atoms with E-state index < -0.39 is 0 Å². The molecule has 0 aliphatic heterocycles. The van der Waals surface area contributed by atoms with E-state index in [0.717, 1.165) is 12.8 Å². The van der Waals surface area contributed by atoms with Gasteiger partial charge in [-0.05, 0) is 0 Å². The third-order valence-corrected chi connectivity index (χ3v) is 1.15. The Bertz CT molecular complexity index is 119. The van der Waals surface area contributed by atoms with Crippen LogP contribution in [0.25, 0.3) is 0 Å². The van der Waals surface area contributed by atoms with Gasteiger partial charge in [0.2, 0.25) is 0 Å². The maximum atomic E-state index is 3.21. The Balaban J connectivity index is -0.000000163. The second-order valence-corrected chi connectivity index (χ2v) is 1.66. The fraction of sp³-hybridized carbons (Fsp3) is 0.429. The van der Waals surface area contributed by atoms with Gasteiger partial charge >= 0.3 is 0 Å². The van der Waals surface area contributed by atoms with Crippen molar-refractivity contribution in [1.82, 2.24) is 0 Å². The molecule has 0 amide bonds. The van der Waals surface area contributed by atoms with E-state index in [4.69, 9.17) is 0 Å². The van der Waals surface area contributed by atoms with Crippen molar-refractivity contribution in [3.63, 3.8) is 0 Å². The monoisotopic (exact) mass is 527 g/mol. The molecule has 0 N–H and O–H groups in total. The minimum atomic E-state index is 0. The summed E-state index contributed by atoms with van der Waals surface area (Å²) < 4.78 is 0. The molecule has 1 aliphatic carbocycles. The topological polar surface area (TPSA) is 0 Å². The Morgan fingerprint density at radius 1 is 1.50 bits per heavy atom. The summed E-state index contributed by atoms with van der Waals surface area (Å²) in [6.07, 6.45) is 9.65. The zero-order chi connectivity index (χ0) is 5.11. The van der Waals surface area contributed by atoms with Crippen LogP contribution in [0.2, 0.25) is 0 Å². The van der Waals surface area contributed by atoms with E-state index in [0.29, 0.717) is 0 Å². The van der Waals surface area contributed by atoms with Crippen LogP contribution in [0.4, 0.5) is 0 Å². The Hall–Kier alpha value is 1.81. The smallest absolute Gasteiger partial charge is 0 e. The van der Waals surface area contributed by atoms with Crippen molar-refractivity contribution in [2.45, 2.75) is 19.8 Å². The number of hydrogen-bond donors (Lipinski definition) is 0. The molecule has 1 aliphatic rings. The molecule has 0 heterocycles. The van der Waals surface area contributed by atoms with Gasteiger partial charge < -0.3 is 48.0 Å². The van der Waals surface area contributed by atoms with Crippen LogP contribution < -0.4 is 48.0 Å². The average molecular weight is 525 g/mol. The Morgan fingerprint density at radius 3 is 2.30 bits per heavy atom. The molecule has 0 nitrogen and oxygen atoms in total.